The number of carbonyl (C=O) groups is 1. The molecule has 19 heavy (non-hydrogen) atoms. The number of hydrogen-bond acceptors (Lipinski definition) is 4. The summed E-state index contributed by atoms with van der Waals surface area (Å²) < 4.78 is 0. The van der Waals surface area contributed by atoms with Crippen molar-refractivity contribution in [2.45, 2.75) is 19.3 Å². The molecule has 0 aromatic heterocycles. The fraction of sp³-hybridized carbons (Fsp3) is 0.500. The minimum atomic E-state index is 0.0795. The molecular weight excluding hydrogens is 240 g/mol. The zero-order chi connectivity index (χ0) is 13.8. The zero-order valence-corrected chi connectivity index (χ0v) is 11.6. The van der Waals surface area contributed by atoms with Gasteiger partial charge in [0.1, 0.15) is 0 Å². The maximum Gasteiger partial charge on any atom is 0.224 e. The quantitative estimate of drug-likeness (QED) is 0.556. The zero-order valence-electron chi connectivity index (χ0n) is 11.6. The maximum atomic E-state index is 11.4. The van der Waals surface area contributed by atoms with Crippen molar-refractivity contribution in [3.8, 4) is 0 Å². The van der Waals surface area contributed by atoms with Crippen molar-refractivity contribution in [3.63, 3.8) is 0 Å². The summed E-state index contributed by atoms with van der Waals surface area (Å²) >= 11 is 0. The summed E-state index contributed by atoms with van der Waals surface area (Å²) in [7, 11) is 4.12. The topological polar surface area (TPSA) is 70.4 Å². The maximum absolute atomic E-state index is 11.4. The summed E-state index contributed by atoms with van der Waals surface area (Å²) in [5, 5.41) is 6.22. The lowest BCUT2D eigenvalue weighted by Gasteiger charge is -2.20. The summed E-state index contributed by atoms with van der Waals surface area (Å²) in [5.41, 5.74) is 9.70. The third-order valence-corrected chi connectivity index (χ3v) is 3.27. The van der Waals surface area contributed by atoms with Gasteiger partial charge in [0.05, 0.1) is 11.4 Å². The van der Waals surface area contributed by atoms with Crippen LogP contribution in [0.25, 0.3) is 0 Å². The predicted octanol–water partition coefficient (Wildman–Crippen LogP) is 1.52. The van der Waals surface area contributed by atoms with Crippen molar-refractivity contribution in [3.05, 3.63) is 17.7 Å². The summed E-state index contributed by atoms with van der Waals surface area (Å²) in [4.78, 5) is 13.5. The molecule has 0 fully saturated rings. The third-order valence-electron chi connectivity index (χ3n) is 3.27. The van der Waals surface area contributed by atoms with Crippen LogP contribution in [0.5, 0.6) is 0 Å². The van der Waals surface area contributed by atoms with Gasteiger partial charge in [-0.05, 0) is 51.2 Å². The smallest absolute Gasteiger partial charge is 0.224 e. The lowest BCUT2D eigenvalue weighted by atomic mass is 10.0. The highest BCUT2D eigenvalue weighted by molar-refractivity contribution is 5.95. The highest BCUT2D eigenvalue weighted by Gasteiger charge is 2.16. The average Bonchev–Trinajstić information content (AvgIpc) is 2.35. The molecule has 1 aromatic carbocycles. The lowest BCUT2D eigenvalue weighted by molar-refractivity contribution is -0.116. The number of anilines is 3. The van der Waals surface area contributed by atoms with Crippen molar-refractivity contribution < 1.29 is 4.79 Å². The van der Waals surface area contributed by atoms with Crippen molar-refractivity contribution in [2.75, 3.05) is 43.6 Å². The Kier molecular flexibility index (Phi) is 4.27. The van der Waals surface area contributed by atoms with Gasteiger partial charge >= 0.3 is 0 Å². The van der Waals surface area contributed by atoms with E-state index in [1.807, 2.05) is 12.1 Å². The number of carbonyl (C=O) groups excluding carboxylic acids is 1. The minimum Gasteiger partial charge on any atom is -0.397 e. The summed E-state index contributed by atoms with van der Waals surface area (Å²) in [6.45, 7) is 1.91. The van der Waals surface area contributed by atoms with Gasteiger partial charge in [0.15, 0.2) is 0 Å². The van der Waals surface area contributed by atoms with Crippen LogP contribution >= 0.6 is 0 Å². The Bertz CT molecular complexity index is 471. The number of rotatable bonds is 5. The normalized spacial score (nSPS) is 14.2. The molecule has 5 heteroatoms. The molecule has 0 spiro atoms. The first-order valence-corrected chi connectivity index (χ1v) is 6.67. The van der Waals surface area contributed by atoms with E-state index in [1.165, 1.54) is 0 Å². The van der Waals surface area contributed by atoms with Crippen molar-refractivity contribution in [2.24, 2.45) is 0 Å². The molecule has 0 saturated heterocycles. The second kappa shape index (κ2) is 5.93. The molecule has 0 atom stereocenters. The molecule has 1 aliphatic rings. The molecule has 104 valence electrons. The van der Waals surface area contributed by atoms with E-state index in [4.69, 9.17) is 5.73 Å². The third kappa shape index (κ3) is 3.61. The molecule has 0 aliphatic carbocycles. The Hall–Kier alpha value is -1.75. The van der Waals surface area contributed by atoms with Gasteiger partial charge in [-0.25, -0.2) is 0 Å². The molecule has 0 saturated carbocycles. The standard InChI is InChI=1S/C14H22N4O/c1-18(2)7-3-6-16-13-9-12-10(8-11(13)15)4-5-14(19)17-12/h8-9,16H,3-7,15H2,1-2H3,(H,17,19). The SMILES string of the molecule is CN(C)CCCNc1cc2c(cc1N)CCC(=O)N2. The molecule has 1 aromatic rings. The number of hydrogen-bond donors (Lipinski definition) is 3. The summed E-state index contributed by atoms with van der Waals surface area (Å²) in [6, 6.07) is 3.90. The largest absolute Gasteiger partial charge is 0.397 e. The number of nitrogens with two attached hydrogens (primary N) is 1. The van der Waals surface area contributed by atoms with Crippen LogP contribution in [0.4, 0.5) is 17.1 Å². The molecule has 0 radical (unpaired) electrons. The van der Waals surface area contributed by atoms with E-state index in [-0.39, 0.29) is 5.91 Å². The lowest BCUT2D eigenvalue weighted by Crippen LogP contribution is -2.20. The Labute approximate surface area is 114 Å². The van der Waals surface area contributed by atoms with Gasteiger partial charge in [-0.3, -0.25) is 4.79 Å². The van der Waals surface area contributed by atoms with Crippen molar-refractivity contribution >= 4 is 23.0 Å². The van der Waals surface area contributed by atoms with Crippen LogP contribution in [0.15, 0.2) is 12.1 Å². The van der Waals surface area contributed by atoms with Crippen LogP contribution in [0.3, 0.4) is 0 Å². The number of benzene rings is 1. The molecule has 1 amide bonds. The van der Waals surface area contributed by atoms with Crippen molar-refractivity contribution in [1.82, 2.24) is 4.90 Å². The summed E-state index contributed by atoms with van der Waals surface area (Å²) in [5.74, 6) is 0.0795. The Balaban J connectivity index is 2.01. The van der Waals surface area contributed by atoms with E-state index in [0.717, 1.165) is 48.6 Å². The van der Waals surface area contributed by atoms with Crippen LogP contribution in [0, 0.1) is 0 Å². The second-order valence-corrected chi connectivity index (χ2v) is 5.23. The number of amides is 1. The molecule has 0 bridgehead atoms. The Morgan fingerprint density at radius 2 is 2.16 bits per heavy atom. The Morgan fingerprint density at radius 1 is 1.37 bits per heavy atom. The molecule has 0 unspecified atom stereocenters. The molecule has 1 aliphatic heterocycles. The van der Waals surface area contributed by atoms with Gasteiger partial charge < -0.3 is 21.3 Å². The van der Waals surface area contributed by atoms with Crippen LogP contribution in [0.2, 0.25) is 0 Å². The van der Waals surface area contributed by atoms with Crippen LogP contribution in [0.1, 0.15) is 18.4 Å². The number of fused-ring (bicyclic) bond motifs is 1. The Morgan fingerprint density at radius 3 is 2.89 bits per heavy atom. The van der Waals surface area contributed by atoms with Crippen LogP contribution < -0.4 is 16.4 Å². The van der Waals surface area contributed by atoms with E-state index in [1.54, 1.807) is 0 Å². The van der Waals surface area contributed by atoms with E-state index < -0.39 is 0 Å². The molecule has 4 N–H and O–H groups in total. The number of nitrogens with one attached hydrogen (secondary N) is 2. The van der Waals surface area contributed by atoms with Gasteiger partial charge in [-0.15, -0.1) is 0 Å². The minimum absolute atomic E-state index is 0.0795. The highest BCUT2D eigenvalue weighted by Crippen LogP contribution is 2.30. The number of nitrogens with zero attached hydrogens (tertiary/aromatic N) is 1. The van der Waals surface area contributed by atoms with Gasteiger partial charge in [0, 0.05) is 18.7 Å². The first-order chi connectivity index (χ1) is 9.06. The van der Waals surface area contributed by atoms with Gasteiger partial charge in [0.25, 0.3) is 0 Å². The van der Waals surface area contributed by atoms with E-state index in [9.17, 15) is 4.79 Å². The first kappa shape index (κ1) is 13.7. The molecular formula is C14H22N4O. The fourth-order valence-electron chi connectivity index (χ4n) is 2.22. The molecule has 1 heterocycles. The highest BCUT2D eigenvalue weighted by atomic mass is 16.1. The van der Waals surface area contributed by atoms with E-state index in [0.29, 0.717) is 6.42 Å². The van der Waals surface area contributed by atoms with E-state index >= 15 is 0 Å². The van der Waals surface area contributed by atoms with E-state index in [2.05, 4.69) is 29.6 Å². The number of aryl methyl sites for hydroxylation is 1. The predicted molar refractivity (Wildman–Crippen MR) is 79.5 cm³/mol. The van der Waals surface area contributed by atoms with Gasteiger partial charge in [0.2, 0.25) is 5.91 Å². The fourth-order valence-corrected chi connectivity index (χ4v) is 2.22. The van der Waals surface area contributed by atoms with Gasteiger partial charge in [-0.2, -0.15) is 0 Å². The first-order valence-electron chi connectivity index (χ1n) is 6.67. The van der Waals surface area contributed by atoms with Gasteiger partial charge in [-0.1, -0.05) is 0 Å². The van der Waals surface area contributed by atoms with Crippen LogP contribution in [-0.4, -0.2) is 38.0 Å². The number of nitrogen functional groups attached to an aromatic ring is 1. The average molecular weight is 262 g/mol. The monoisotopic (exact) mass is 262 g/mol. The van der Waals surface area contributed by atoms with Crippen LogP contribution in [-0.2, 0) is 11.2 Å². The molecule has 5 nitrogen and oxygen atoms in total. The summed E-state index contributed by atoms with van der Waals surface area (Å²) in [6.07, 6.45) is 2.37. The molecule has 2 rings (SSSR count). The second-order valence-electron chi connectivity index (χ2n) is 5.23. The van der Waals surface area contributed by atoms with Crippen molar-refractivity contribution in [1.29, 1.82) is 0 Å².